The third-order valence-corrected chi connectivity index (χ3v) is 4.83. The lowest BCUT2D eigenvalue weighted by Gasteiger charge is -2.20. The molecule has 3 N–H and O–H groups in total. The number of ether oxygens (including phenoxy) is 2. The lowest BCUT2D eigenvalue weighted by molar-refractivity contribution is 0.243. The van der Waals surface area contributed by atoms with Crippen molar-refractivity contribution in [2.75, 3.05) is 26.3 Å². The first-order valence-electron chi connectivity index (χ1n) is 11.5. The van der Waals surface area contributed by atoms with Gasteiger partial charge >= 0.3 is 0 Å². The second kappa shape index (κ2) is 16.5. The van der Waals surface area contributed by atoms with Gasteiger partial charge in [-0.3, -0.25) is 0 Å². The van der Waals surface area contributed by atoms with Gasteiger partial charge in [0.15, 0.2) is 17.5 Å². The quantitative estimate of drug-likeness (QED) is 0.179. The standard InChI is InChI=1S/C25H38N4O3.HI/c1-5-26-25(28-16-20(13-14-30)15-19(3)4)29-18-21-11-12-24(27-17-21)32-23-10-8-7-9-22(23)31-6-2;/h7-12,17,19-20,30H,5-6,13-16,18H2,1-4H3,(H2,26,28,29);1H. The Hall–Kier alpha value is -2.07. The highest BCUT2D eigenvalue weighted by Gasteiger charge is 2.11. The van der Waals surface area contributed by atoms with Gasteiger partial charge in [-0.05, 0) is 56.2 Å². The third-order valence-electron chi connectivity index (χ3n) is 4.83. The molecule has 1 aromatic heterocycles. The van der Waals surface area contributed by atoms with Gasteiger partial charge in [0.05, 0.1) is 13.2 Å². The number of halogens is 1. The number of aliphatic hydroxyl groups excluding tert-OH is 1. The largest absolute Gasteiger partial charge is 0.490 e. The van der Waals surface area contributed by atoms with E-state index >= 15 is 0 Å². The van der Waals surface area contributed by atoms with Crippen molar-refractivity contribution in [2.24, 2.45) is 16.8 Å². The Balaban J connectivity index is 0.00000544. The average molecular weight is 571 g/mol. The first kappa shape index (κ1) is 29.0. The van der Waals surface area contributed by atoms with Gasteiger partial charge in [0, 0.05) is 32.0 Å². The van der Waals surface area contributed by atoms with Gasteiger partial charge in [-0.2, -0.15) is 0 Å². The molecule has 33 heavy (non-hydrogen) atoms. The van der Waals surface area contributed by atoms with E-state index in [1.165, 1.54) is 0 Å². The molecule has 0 saturated carbocycles. The van der Waals surface area contributed by atoms with Crippen LogP contribution in [0.4, 0.5) is 0 Å². The number of hydrogen-bond acceptors (Lipinski definition) is 5. The zero-order valence-electron chi connectivity index (χ0n) is 20.2. The summed E-state index contributed by atoms with van der Waals surface area (Å²) in [7, 11) is 0. The lowest BCUT2D eigenvalue weighted by atomic mass is 9.94. The Morgan fingerprint density at radius 2 is 1.85 bits per heavy atom. The van der Waals surface area contributed by atoms with Crippen LogP contribution in [0.15, 0.2) is 47.6 Å². The molecule has 184 valence electrons. The van der Waals surface area contributed by atoms with Gasteiger partial charge in [-0.25, -0.2) is 9.98 Å². The summed E-state index contributed by atoms with van der Waals surface area (Å²) < 4.78 is 11.5. The Bertz CT molecular complexity index is 816. The van der Waals surface area contributed by atoms with Crippen molar-refractivity contribution in [3.8, 4) is 17.4 Å². The molecular formula is C25H39IN4O3. The summed E-state index contributed by atoms with van der Waals surface area (Å²) in [5.74, 6) is 3.64. The summed E-state index contributed by atoms with van der Waals surface area (Å²) in [6, 6.07) is 11.4. The lowest BCUT2D eigenvalue weighted by Crippen LogP contribution is -2.40. The van der Waals surface area contributed by atoms with E-state index < -0.39 is 0 Å². The zero-order chi connectivity index (χ0) is 23.2. The number of rotatable bonds is 13. The summed E-state index contributed by atoms with van der Waals surface area (Å²) >= 11 is 0. The Kier molecular flexibility index (Phi) is 14.5. The van der Waals surface area contributed by atoms with E-state index in [1.807, 2.05) is 50.2 Å². The summed E-state index contributed by atoms with van der Waals surface area (Å²) in [4.78, 5) is 9.09. The molecule has 1 heterocycles. The van der Waals surface area contributed by atoms with E-state index in [-0.39, 0.29) is 30.6 Å². The number of aromatic nitrogens is 1. The second-order valence-electron chi connectivity index (χ2n) is 8.07. The molecule has 1 atom stereocenters. The first-order chi connectivity index (χ1) is 15.5. The van der Waals surface area contributed by atoms with E-state index in [9.17, 15) is 5.11 Å². The first-order valence-corrected chi connectivity index (χ1v) is 11.5. The summed E-state index contributed by atoms with van der Waals surface area (Å²) in [6.45, 7) is 11.3. The van der Waals surface area contributed by atoms with Crippen LogP contribution in [0, 0.1) is 11.8 Å². The SMILES string of the molecule is CCNC(=NCc1ccc(Oc2ccccc2OCC)nc1)NCC(CCO)CC(C)C.I. The van der Waals surface area contributed by atoms with Gasteiger partial charge in [0.25, 0.3) is 0 Å². The minimum absolute atomic E-state index is 0. The van der Waals surface area contributed by atoms with Crippen molar-refractivity contribution in [1.82, 2.24) is 15.6 Å². The fourth-order valence-electron chi connectivity index (χ4n) is 3.39. The normalized spacial score (nSPS) is 12.1. The maximum Gasteiger partial charge on any atom is 0.219 e. The molecule has 8 heteroatoms. The molecular weight excluding hydrogens is 531 g/mol. The van der Waals surface area contributed by atoms with Crippen LogP contribution in [0.1, 0.15) is 46.1 Å². The minimum Gasteiger partial charge on any atom is -0.490 e. The highest BCUT2D eigenvalue weighted by molar-refractivity contribution is 14.0. The van der Waals surface area contributed by atoms with Crippen LogP contribution in [0.5, 0.6) is 17.4 Å². The van der Waals surface area contributed by atoms with Crippen LogP contribution in [-0.2, 0) is 6.54 Å². The number of nitrogens with zero attached hydrogens (tertiary/aromatic N) is 2. The molecule has 1 unspecified atom stereocenters. The molecule has 0 amide bonds. The Labute approximate surface area is 215 Å². The number of para-hydroxylation sites is 2. The molecule has 0 spiro atoms. The van der Waals surface area contributed by atoms with Crippen LogP contribution < -0.4 is 20.1 Å². The Morgan fingerprint density at radius 3 is 2.45 bits per heavy atom. The number of aliphatic imine (C=N–C) groups is 1. The third kappa shape index (κ3) is 11.1. The highest BCUT2D eigenvalue weighted by atomic mass is 127. The molecule has 0 aliphatic carbocycles. The Morgan fingerprint density at radius 1 is 1.09 bits per heavy atom. The zero-order valence-corrected chi connectivity index (χ0v) is 22.5. The van der Waals surface area contributed by atoms with Crippen molar-refractivity contribution in [1.29, 1.82) is 0 Å². The smallest absolute Gasteiger partial charge is 0.219 e. The van der Waals surface area contributed by atoms with Crippen LogP contribution >= 0.6 is 24.0 Å². The van der Waals surface area contributed by atoms with Gasteiger partial charge in [-0.15, -0.1) is 24.0 Å². The van der Waals surface area contributed by atoms with E-state index in [1.54, 1.807) is 6.20 Å². The molecule has 1 aromatic carbocycles. The molecule has 0 aliphatic rings. The number of aliphatic hydroxyl groups is 1. The summed E-state index contributed by atoms with van der Waals surface area (Å²) in [5, 5.41) is 16.0. The summed E-state index contributed by atoms with van der Waals surface area (Å²) in [5.41, 5.74) is 0.988. The average Bonchev–Trinajstić information content (AvgIpc) is 2.78. The highest BCUT2D eigenvalue weighted by Crippen LogP contribution is 2.30. The molecule has 0 fully saturated rings. The molecule has 0 saturated heterocycles. The number of benzene rings is 1. The van der Waals surface area contributed by atoms with E-state index in [4.69, 9.17) is 9.47 Å². The van der Waals surface area contributed by atoms with Crippen molar-refractivity contribution < 1.29 is 14.6 Å². The maximum atomic E-state index is 9.33. The van der Waals surface area contributed by atoms with Crippen LogP contribution in [0.2, 0.25) is 0 Å². The minimum atomic E-state index is 0. The van der Waals surface area contributed by atoms with Crippen molar-refractivity contribution in [2.45, 2.75) is 47.1 Å². The number of hydrogen-bond donors (Lipinski definition) is 3. The maximum absolute atomic E-state index is 9.33. The van der Waals surface area contributed by atoms with Crippen molar-refractivity contribution >= 4 is 29.9 Å². The van der Waals surface area contributed by atoms with E-state index in [0.29, 0.717) is 42.4 Å². The van der Waals surface area contributed by atoms with Gasteiger partial charge in [-0.1, -0.05) is 32.0 Å². The fraction of sp³-hybridized carbons (Fsp3) is 0.520. The number of nitrogens with one attached hydrogen (secondary N) is 2. The predicted molar refractivity (Wildman–Crippen MR) is 145 cm³/mol. The van der Waals surface area contributed by atoms with Crippen LogP contribution in [0.25, 0.3) is 0 Å². The van der Waals surface area contributed by atoms with Crippen LogP contribution in [0.3, 0.4) is 0 Å². The molecule has 7 nitrogen and oxygen atoms in total. The molecule has 0 bridgehead atoms. The molecule has 0 aliphatic heterocycles. The van der Waals surface area contributed by atoms with Gasteiger partial charge < -0.3 is 25.2 Å². The molecule has 0 radical (unpaired) electrons. The number of pyridine rings is 1. The fourth-order valence-corrected chi connectivity index (χ4v) is 3.39. The van der Waals surface area contributed by atoms with Gasteiger partial charge in [0.1, 0.15) is 0 Å². The molecule has 2 rings (SSSR count). The number of guanidine groups is 1. The molecule has 2 aromatic rings. The van der Waals surface area contributed by atoms with Crippen molar-refractivity contribution in [3.05, 3.63) is 48.2 Å². The second-order valence-corrected chi connectivity index (χ2v) is 8.07. The summed E-state index contributed by atoms with van der Waals surface area (Å²) in [6.07, 6.45) is 3.65. The topological polar surface area (TPSA) is 88.0 Å². The van der Waals surface area contributed by atoms with Crippen molar-refractivity contribution in [3.63, 3.8) is 0 Å². The monoisotopic (exact) mass is 570 g/mol. The predicted octanol–water partition coefficient (Wildman–Crippen LogP) is 4.99. The van der Waals surface area contributed by atoms with Crippen LogP contribution in [-0.4, -0.2) is 42.4 Å². The van der Waals surface area contributed by atoms with Gasteiger partial charge in [0.2, 0.25) is 5.88 Å². The van der Waals surface area contributed by atoms with E-state index in [0.717, 1.165) is 37.5 Å². The van der Waals surface area contributed by atoms with E-state index in [2.05, 4.69) is 34.5 Å².